The van der Waals surface area contributed by atoms with Gasteiger partial charge in [-0.2, -0.15) is 0 Å². The van der Waals surface area contributed by atoms with Crippen LogP contribution in [0.3, 0.4) is 0 Å². The van der Waals surface area contributed by atoms with E-state index in [9.17, 15) is 0 Å². The van der Waals surface area contributed by atoms with E-state index in [1.807, 2.05) is 0 Å². The molecule has 0 heterocycles. The van der Waals surface area contributed by atoms with E-state index in [4.69, 9.17) is 16.1 Å². The number of aliphatic hydroxyl groups is 1. The zero-order chi connectivity index (χ0) is 12.0. The molecule has 6 heavy (non-hydrogen) atoms. The monoisotopic (exact) mass is 160 g/mol. The van der Waals surface area contributed by atoms with Crippen LogP contribution < -0.4 is 0 Å². The Morgan fingerprint density at radius 2 is 2.33 bits per heavy atom. The lowest BCUT2D eigenvalue weighted by atomic mass is 10.4. The van der Waals surface area contributed by atoms with Gasteiger partial charge in [-0.15, -0.1) is 0 Å². The van der Waals surface area contributed by atoms with Gasteiger partial charge in [-0.25, -0.2) is 0 Å². The van der Waals surface area contributed by atoms with Gasteiger partial charge in [-0.1, -0.05) is 15.9 Å². The summed E-state index contributed by atoms with van der Waals surface area (Å²) in [5, 5.41) is 5.98. The maximum atomic E-state index is 8.78. The summed E-state index contributed by atoms with van der Waals surface area (Å²) in [6.07, 6.45) is -6.61. The zero-order valence-corrected chi connectivity index (χ0v) is 4.41. The molecule has 0 atom stereocenters. The van der Waals surface area contributed by atoms with Gasteiger partial charge in [0.05, 0.1) is 2.74 Å². The molecule has 0 unspecified atom stereocenters. The quantitative estimate of drug-likeness (QED) is 0.615. The third-order valence-electron chi connectivity index (χ3n) is 0.166. The Kier molecular flexibility index (Phi) is 0.957. The van der Waals surface area contributed by atoms with Crippen LogP contribution in [0.1, 0.15) is 23.7 Å². The number of hydrogen-bond acceptors (Lipinski definition) is 1. The van der Waals surface area contributed by atoms with E-state index in [-0.39, 0.29) is 0 Å². The summed E-state index contributed by atoms with van der Waals surface area (Å²) in [6.45, 7) is -3.47. The molecule has 0 amide bonds. The summed E-state index contributed by atoms with van der Waals surface area (Å²) in [6, 6.07) is 0. The molecule has 0 saturated carbocycles. The van der Waals surface area contributed by atoms with E-state index in [2.05, 4.69) is 15.9 Å². The standard InChI is InChI=1S/C4H9BrO/c5-3-1-2-4-6/h6H,1-4H2/i1D2,2D2,3D2,4D2. The van der Waals surface area contributed by atoms with Crippen molar-refractivity contribution < 1.29 is 16.1 Å². The predicted octanol–water partition coefficient (Wildman–Crippen LogP) is 1.15. The molecule has 2 heteroatoms. The fourth-order valence-electron chi connectivity index (χ4n) is 0.0516. The van der Waals surface area contributed by atoms with E-state index in [0.29, 0.717) is 0 Å². The molecule has 0 aliphatic carbocycles. The molecule has 38 valence electrons. The summed E-state index contributed by atoms with van der Waals surface area (Å²) < 4.78 is 55.6. The smallest absolute Gasteiger partial charge is 0.0564 e. The van der Waals surface area contributed by atoms with Gasteiger partial charge in [0, 0.05) is 20.1 Å². The van der Waals surface area contributed by atoms with Gasteiger partial charge in [-0.3, -0.25) is 0 Å². The normalized spacial score (nSPS) is 38.3. The van der Waals surface area contributed by atoms with Gasteiger partial charge >= 0.3 is 0 Å². The van der Waals surface area contributed by atoms with E-state index in [0.717, 1.165) is 0 Å². The molecule has 0 radical (unpaired) electrons. The van der Waals surface area contributed by atoms with Crippen LogP contribution in [0.5, 0.6) is 0 Å². The van der Waals surface area contributed by atoms with E-state index >= 15 is 0 Å². The minimum absolute atomic E-state index is 2.27. The molecule has 0 aromatic rings. The molecule has 0 aromatic carbocycles. The average molecular weight is 161 g/mol. The number of rotatable bonds is 3. The predicted molar refractivity (Wildman–Crippen MR) is 30.1 cm³/mol. The highest BCUT2D eigenvalue weighted by atomic mass is 79.9. The van der Waals surface area contributed by atoms with Crippen molar-refractivity contribution in [2.45, 2.75) is 12.7 Å². The molecule has 0 fully saturated rings. The SMILES string of the molecule is [2H]C([2H])(O)C([2H])([2H])C([2H])([2H])C([2H])([2H])Br. The van der Waals surface area contributed by atoms with Crippen molar-refractivity contribution in [3.8, 4) is 0 Å². The van der Waals surface area contributed by atoms with Crippen molar-refractivity contribution in [2.24, 2.45) is 0 Å². The molecule has 0 bridgehead atoms. The first-order chi connectivity index (χ1) is 5.75. The number of hydrogen-bond donors (Lipinski definition) is 1. The summed E-state index contributed by atoms with van der Waals surface area (Å²) in [4.78, 5) is 0. The Bertz CT molecular complexity index is 190. The second-order valence-corrected chi connectivity index (χ2v) is 0.853. The lowest BCUT2D eigenvalue weighted by Gasteiger charge is -1.84. The Hall–Kier alpha value is 0.440. The van der Waals surface area contributed by atoms with Crippen molar-refractivity contribution >= 4 is 15.9 Å². The molecule has 1 N–H and O–H groups in total. The molecule has 0 aromatic heterocycles. The Morgan fingerprint density at radius 1 is 1.67 bits per heavy atom. The van der Waals surface area contributed by atoms with Gasteiger partial charge in [0.2, 0.25) is 0 Å². The van der Waals surface area contributed by atoms with Gasteiger partial charge in [0.15, 0.2) is 0 Å². The second kappa shape index (κ2) is 5.44. The first kappa shape index (κ1) is 1.06. The summed E-state index contributed by atoms with van der Waals surface area (Å²) in [7, 11) is 0. The maximum absolute atomic E-state index is 8.78. The largest absolute Gasteiger partial charge is 0.396 e. The third kappa shape index (κ3) is 4.44. The average Bonchev–Trinajstić information content (AvgIpc) is 1.81. The zero-order valence-electron chi connectivity index (χ0n) is 10.8. The molecular formula is C4H9BrO. The second-order valence-electron chi connectivity index (χ2n) is 0.456. The van der Waals surface area contributed by atoms with E-state index in [1.54, 1.807) is 0 Å². The molecule has 0 aliphatic heterocycles. The van der Waals surface area contributed by atoms with Crippen LogP contribution >= 0.6 is 15.9 Å². The van der Waals surface area contributed by atoms with Crippen molar-refractivity contribution in [3.63, 3.8) is 0 Å². The van der Waals surface area contributed by atoms with E-state index < -0.39 is 24.6 Å². The first-order valence-corrected chi connectivity index (χ1v) is 1.96. The van der Waals surface area contributed by atoms with Crippen LogP contribution in [0.2, 0.25) is 0 Å². The lowest BCUT2D eigenvalue weighted by Crippen LogP contribution is -1.80. The fourth-order valence-corrected chi connectivity index (χ4v) is 0.151. The molecule has 0 saturated heterocycles. The minimum Gasteiger partial charge on any atom is -0.396 e. The van der Waals surface area contributed by atoms with Crippen LogP contribution in [0, 0.1) is 0 Å². The first-order valence-electron chi connectivity index (χ1n) is 5.16. The number of alkyl halides is 1. The lowest BCUT2D eigenvalue weighted by molar-refractivity contribution is 0.287. The van der Waals surface area contributed by atoms with Crippen molar-refractivity contribution in [3.05, 3.63) is 0 Å². The van der Waals surface area contributed by atoms with Crippen molar-refractivity contribution in [2.75, 3.05) is 11.8 Å². The highest BCUT2D eigenvalue weighted by Crippen LogP contribution is 1.90. The van der Waals surface area contributed by atoms with Crippen LogP contribution in [0.15, 0.2) is 0 Å². The maximum Gasteiger partial charge on any atom is 0.0564 e. The highest BCUT2D eigenvalue weighted by molar-refractivity contribution is 9.09. The van der Waals surface area contributed by atoms with Crippen LogP contribution in [0.25, 0.3) is 0 Å². The van der Waals surface area contributed by atoms with Crippen LogP contribution in [0.4, 0.5) is 0 Å². The molecule has 1 nitrogen and oxygen atoms in total. The molecule has 0 spiro atoms. The van der Waals surface area contributed by atoms with Crippen molar-refractivity contribution in [1.29, 1.82) is 0 Å². The topological polar surface area (TPSA) is 20.2 Å². The molecular weight excluding hydrogens is 144 g/mol. The number of halogens is 1. The van der Waals surface area contributed by atoms with Crippen molar-refractivity contribution in [1.82, 2.24) is 0 Å². The third-order valence-corrected chi connectivity index (χ3v) is 0.364. The Labute approximate surface area is 57.7 Å². The van der Waals surface area contributed by atoms with Gasteiger partial charge in [-0.05, 0) is 12.7 Å². The highest BCUT2D eigenvalue weighted by Gasteiger charge is 1.77. The summed E-state index contributed by atoms with van der Waals surface area (Å²) in [5.74, 6) is 0. The van der Waals surface area contributed by atoms with Crippen LogP contribution in [-0.4, -0.2) is 16.9 Å². The molecule has 0 aliphatic rings. The molecule has 0 rings (SSSR count). The van der Waals surface area contributed by atoms with Crippen LogP contribution in [-0.2, 0) is 0 Å². The van der Waals surface area contributed by atoms with Gasteiger partial charge < -0.3 is 5.11 Å². The fraction of sp³-hybridized carbons (Fsp3) is 1.00. The van der Waals surface area contributed by atoms with Gasteiger partial charge in [0.1, 0.15) is 0 Å². The Morgan fingerprint density at radius 3 is 2.50 bits per heavy atom. The van der Waals surface area contributed by atoms with E-state index in [1.165, 1.54) is 0 Å². The minimum atomic E-state index is -3.47. The Balaban J connectivity index is 5.30. The summed E-state index contributed by atoms with van der Waals surface area (Å²) in [5.41, 5.74) is 0. The summed E-state index contributed by atoms with van der Waals surface area (Å²) >= 11 is 2.27. The van der Waals surface area contributed by atoms with Gasteiger partial charge in [0.25, 0.3) is 0 Å².